The first-order valence-electron chi connectivity index (χ1n) is 8.52. The molecule has 0 unspecified atom stereocenters. The van der Waals surface area contributed by atoms with Crippen LogP contribution in [0.5, 0.6) is 11.5 Å². The van der Waals surface area contributed by atoms with E-state index in [0.717, 1.165) is 4.90 Å². The van der Waals surface area contributed by atoms with Crippen molar-refractivity contribution in [2.24, 2.45) is 0 Å². The monoisotopic (exact) mass is 401 g/mol. The second-order valence-electron chi connectivity index (χ2n) is 6.75. The van der Waals surface area contributed by atoms with Crippen LogP contribution in [0.4, 0.5) is 23.0 Å². The molecule has 2 amide bonds. The van der Waals surface area contributed by atoms with E-state index in [-0.39, 0.29) is 28.8 Å². The van der Waals surface area contributed by atoms with Crippen LogP contribution in [0.15, 0.2) is 30.3 Å². The van der Waals surface area contributed by atoms with Crippen molar-refractivity contribution >= 4 is 34.8 Å². The van der Waals surface area contributed by atoms with Crippen LogP contribution in [-0.4, -0.2) is 41.0 Å². The van der Waals surface area contributed by atoms with Crippen molar-refractivity contribution in [2.75, 3.05) is 29.6 Å². The lowest BCUT2D eigenvalue weighted by Gasteiger charge is -2.37. The molecule has 11 heteroatoms. The van der Waals surface area contributed by atoms with Crippen LogP contribution >= 0.6 is 0 Å². The molecule has 1 aromatic heterocycles. The molecule has 3 N–H and O–H groups in total. The van der Waals surface area contributed by atoms with Gasteiger partial charge in [0.15, 0.2) is 17.2 Å². The number of nitrogens with zero attached hydrogens (tertiary/aromatic N) is 3. The Morgan fingerprint density at radius 2 is 2.10 bits per heavy atom. The Labute approximate surface area is 165 Å². The molecule has 0 aliphatic carbocycles. The summed E-state index contributed by atoms with van der Waals surface area (Å²) in [4.78, 5) is 41.3. The minimum Gasteiger partial charge on any atom is -0.496 e. The maximum atomic E-state index is 12.8. The Hall–Kier alpha value is -3.89. The molecule has 0 atom stereocenters. The number of hydrogen-bond donors (Lipinski definition) is 2. The molecule has 2 aromatic rings. The number of amides is 2. The molecule has 0 spiro atoms. The number of nitrogen functional groups attached to an aromatic ring is 1. The number of benzene rings is 1. The van der Waals surface area contributed by atoms with Gasteiger partial charge in [0.05, 0.1) is 18.1 Å². The van der Waals surface area contributed by atoms with Gasteiger partial charge in [-0.3, -0.25) is 24.6 Å². The fourth-order valence-corrected chi connectivity index (χ4v) is 2.84. The highest BCUT2D eigenvalue weighted by molar-refractivity contribution is 6.07. The van der Waals surface area contributed by atoms with Gasteiger partial charge >= 0.3 is 0 Å². The summed E-state index contributed by atoms with van der Waals surface area (Å²) in [6.07, 6.45) is 0. The number of carbonyl (C=O) groups excluding carboxylic acids is 2. The summed E-state index contributed by atoms with van der Waals surface area (Å²) in [7, 11) is 1.37. The number of rotatable bonds is 5. The number of anilines is 3. The van der Waals surface area contributed by atoms with Crippen molar-refractivity contribution in [1.82, 2.24) is 4.98 Å². The molecule has 1 aliphatic heterocycles. The van der Waals surface area contributed by atoms with Crippen LogP contribution in [0.2, 0.25) is 0 Å². The summed E-state index contributed by atoms with van der Waals surface area (Å²) in [6, 6.07) is 7.10. The van der Waals surface area contributed by atoms with Gasteiger partial charge in [-0.25, -0.2) is 4.98 Å². The number of nitro groups is 1. The van der Waals surface area contributed by atoms with Crippen molar-refractivity contribution in [3.8, 4) is 11.5 Å². The third kappa shape index (κ3) is 3.88. The number of aromatic nitrogens is 1. The Balaban J connectivity index is 1.88. The Bertz CT molecular complexity index is 1010. The molecule has 2 heterocycles. The molecule has 152 valence electrons. The summed E-state index contributed by atoms with van der Waals surface area (Å²) in [6.45, 7) is 2.69. The minimum absolute atomic E-state index is 0.0264. The van der Waals surface area contributed by atoms with E-state index in [4.69, 9.17) is 15.2 Å². The molecule has 0 bridgehead atoms. The molecule has 0 saturated heterocycles. The average Bonchev–Trinajstić information content (AvgIpc) is 2.66. The molecule has 1 aromatic carbocycles. The molecule has 1 aliphatic rings. The van der Waals surface area contributed by atoms with Crippen LogP contribution in [0.25, 0.3) is 0 Å². The number of hydrogen-bond acceptors (Lipinski definition) is 8. The summed E-state index contributed by atoms with van der Waals surface area (Å²) < 4.78 is 10.6. The first kappa shape index (κ1) is 19.9. The highest BCUT2D eigenvalue weighted by Crippen LogP contribution is 2.37. The number of nitrogens with one attached hydrogen (secondary N) is 1. The molecule has 3 rings (SSSR count). The van der Waals surface area contributed by atoms with Crippen LogP contribution in [0.1, 0.15) is 13.8 Å². The molecule has 11 nitrogen and oxygen atoms in total. The number of methoxy groups -OCH3 is 1. The zero-order valence-corrected chi connectivity index (χ0v) is 16.0. The minimum atomic E-state index is -1.23. The third-order valence-electron chi connectivity index (χ3n) is 4.22. The lowest BCUT2D eigenvalue weighted by molar-refractivity contribution is -0.384. The Morgan fingerprint density at radius 3 is 2.76 bits per heavy atom. The van der Waals surface area contributed by atoms with Crippen molar-refractivity contribution in [3.63, 3.8) is 0 Å². The topological polar surface area (TPSA) is 150 Å². The molecule has 0 saturated carbocycles. The smallest absolute Gasteiger partial charge is 0.296 e. The summed E-state index contributed by atoms with van der Waals surface area (Å²) in [5.74, 6) is -0.327. The molecule has 0 radical (unpaired) electrons. The number of carbonyl (C=O) groups is 2. The van der Waals surface area contributed by atoms with E-state index in [1.54, 1.807) is 19.9 Å². The van der Waals surface area contributed by atoms with Gasteiger partial charge in [-0.2, -0.15) is 0 Å². The van der Waals surface area contributed by atoms with E-state index in [0.29, 0.717) is 5.75 Å². The van der Waals surface area contributed by atoms with E-state index in [1.807, 2.05) is 0 Å². The average molecular weight is 401 g/mol. The zero-order valence-electron chi connectivity index (χ0n) is 16.0. The predicted molar refractivity (Wildman–Crippen MR) is 104 cm³/mol. The Morgan fingerprint density at radius 1 is 1.38 bits per heavy atom. The fraction of sp³-hybridized carbons (Fsp3) is 0.278. The first-order chi connectivity index (χ1) is 13.6. The van der Waals surface area contributed by atoms with Gasteiger partial charge in [-0.1, -0.05) is 0 Å². The second-order valence-corrected chi connectivity index (χ2v) is 6.75. The highest BCUT2D eigenvalue weighted by Gasteiger charge is 2.42. The van der Waals surface area contributed by atoms with Crippen molar-refractivity contribution in [3.05, 3.63) is 40.4 Å². The Kier molecular flexibility index (Phi) is 4.97. The van der Waals surface area contributed by atoms with Gasteiger partial charge in [0.2, 0.25) is 5.91 Å². The normalized spacial score (nSPS) is 14.6. The standard InChI is InChI=1S/C18H19N5O6/c1-18(2)17(25)22(16-13(29-18)6-7-14(19)21-16)9-15(24)20-11-5-4-10(28-3)8-12(11)23(26)27/h4-8H,9H2,1-3H3,(H2,19,21)(H,20,24). The molecule has 29 heavy (non-hydrogen) atoms. The van der Waals surface area contributed by atoms with Crippen LogP contribution < -0.4 is 25.4 Å². The van der Waals surface area contributed by atoms with Crippen molar-refractivity contribution in [2.45, 2.75) is 19.4 Å². The number of nitro benzene ring substituents is 1. The van der Waals surface area contributed by atoms with Crippen LogP contribution in [-0.2, 0) is 9.59 Å². The maximum Gasteiger partial charge on any atom is 0.296 e. The van der Waals surface area contributed by atoms with Crippen LogP contribution in [0, 0.1) is 10.1 Å². The molecular formula is C18H19N5O6. The van der Waals surface area contributed by atoms with Crippen LogP contribution in [0.3, 0.4) is 0 Å². The predicted octanol–water partition coefficient (Wildman–Crippen LogP) is 1.72. The third-order valence-corrected chi connectivity index (χ3v) is 4.22. The lowest BCUT2D eigenvalue weighted by Crippen LogP contribution is -2.54. The van der Waals surface area contributed by atoms with Crippen molar-refractivity contribution in [1.29, 1.82) is 0 Å². The van der Waals surface area contributed by atoms with E-state index < -0.39 is 28.9 Å². The first-order valence-corrected chi connectivity index (χ1v) is 8.52. The van der Waals surface area contributed by atoms with E-state index in [9.17, 15) is 19.7 Å². The van der Waals surface area contributed by atoms with Crippen molar-refractivity contribution < 1.29 is 24.0 Å². The molecular weight excluding hydrogens is 382 g/mol. The largest absolute Gasteiger partial charge is 0.496 e. The number of fused-ring (bicyclic) bond motifs is 1. The summed E-state index contributed by atoms with van der Waals surface area (Å²) >= 11 is 0. The quantitative estimate of drug-likeness (QED) is 0.568. The lowest BCUT2D eigenvalue weighted by atomic mass is 10.1. The summed E-state index contributed by atoms with van der Waals surface area (Å²) in [5, 5.41) is 13.7. The SMILES string of the molecule is COc1ccc(NC(=O)CN2C(=O)C(C)(C)Oc3ccc(N)nc32)c([N+](=O)[O-])c1. The zero-order chi connectivity index (χ0) is 21.3. The van der Waals surface area contributed by atoms with E-state index in [2.05, 4.69) is 10.3 Å². The fourth-order valence-electron chi connectivity index (χ4n) is 2.84. The van der Waals surface area contributed by atoms with Gasteiger partial charge in [0.1, 0.15) is 23.8 Å². The maximum absolute atomic E-state index is 12.8. The van der Waals surface area contributed by atoms with Gasteiger partial charge < -0.3 is 20.5 Å². The summed E-state index contributed by atoms with van der Waals surface area (Å²) in [5.41, 5.74) is 4.11. The number of nitrogens with two attached hydrogens (primary N) is 1. The van der Waals surface area contributed by atoms with E-state index in [1.165, 1.54) is 31.4 Å². The van der Waals surface area contributed by atoms with Gasteiger partial charge in [-0.05, 0) is 38.1 Å². The van der Waals surface area contributed by atoms with Gasteiger partial charge in [0.25, 0.3) is 11.6 Å². The second kappa shape index (κ2) is 7.26. The highest BCUT2D eigenvalue weighted by atomic mass is 16.6. The van der Waals surface area contributed by atoms with Gasteiger partial charge in [-0.15, -0.1) is 0 Å². The van der Waals surface area contributed by atoms with E-state index >= 15 is 0 Å². The number of ether oxygens (including phenoxy) is 2. The molecule has 0 fully saturated rings. The number of pyridine rings is 1. The van der Waals surface area contributed by atoms with Gasteiger partial charge in [0, 0.05) is 0 Å².